The summed E-state index contributed by atoms with van der Waals surface area (Å²) in [6.07, 6.45) is 4.39. The lowest BCUT2D eigenvalue weighted by atomic mass is 9.83. The average molecular weight is 196 g/mol. The second kappa shape index (κ2) is 3.54. The maximum absolute atomic E-state index is 12.3. The van der Waals surface area contributed by atoms with E-state index in [0.717, 1.165) is 25.9 Å². The Hall–Kier alpha value is -0.570. The molecule has 2 fully saturated rings. The van der Waals surface area contributed by atoms with Crippen LogP contribution in [0.5, 0.6) is 0 Å². The molecule has 1 saturated heterocycles. The molecule has 1 aliphatic carbocycles. The lowest BCUT2D eigenvalue weighted by Crippen LogP contribution is -2.44. The van der Waals surface area contributed by atoms with Crippen LogP contribution in [0.15, 0.2) is 0 Å². The van der Waals surface area contributed by atoms with Gasteiger partial charge >= 0.3 is 0 Å². The minimum atomic E-state index is -0.0860. The predicted octanol–water partition coefficient (Wildman–Crippen LogP) is 0.997. The Morgan fingerprint density at radius 1 is 1.57 bits per heavy atom. The summed E-state index contributed by atoms with van der Waals surface area (Å²) in [5, 5.41) is 3.31. The standard InChI is InChI=1S/C11H20N2O/c1-3-11(6-7-12-8-11)10(14)13(2)9-4-5-9/h9,12H,3-8H2,1-2H3. The highest BCUT2D eigenvalue weighted by atomic mass is 16.2. The molecule has 14 heavy (non-hydrogen) atoms. The van der Waals surface area contributed by atoms with E-state index in [-0.39, 0.29) is 5.41 Å². The predicted molar refractivity (Wildman–Crippen MR) is 56.0 cm³/mol. The van der Waals surface area contributed by atoms with E-state index in [2.05, 4.69) is 12.2 Å². The number of nitrogens with one attached hydrogen (secondary N) is 1. The van der Waals surface area contributed by atoms with Gasteiger partial charge in [0.1, 0.15) is 0 Å². The first-order valence-corrected chi connectivity index (χ1v) is 5.67. The van der Waals surface area contributed by atoms with E-state index in [4.69, 9.17) is 0 Å². The van der Waals surface area contributed by atoms with Gasteiger partial charge in [0, 0.05) is 19.6 Å². The van der Waals surface area contributed by atoms with Gasteiger partial charge in [-0.15, -0.1) is 0 Å². The number of nitrogens with zero attached hydrogens (tertiary/aromatic N) is 1. The zero-order chi connectivity index (χ0) is 10.2. The van der Waals surface area contributed by atoms with Crippen LogP contribution in [0, 0.1) is 5.41 Å². The van der Waals surface area contributed by atoms with E-state index in [0.29, 0.717) is 11.9 Å². The highest BCUT2D eigenvalue weighted by molar-refractivity contribution is 5.83. The van der Waals surface area contributed by atoms with Gasteiger partial charge in [0.2, 0.25) is 5.91 Å². The third kappa shape index (κ3) is 1.54. The molecule has 1 saturated carbocycles. The summed E-state index contributed by atoms with van der Waals surface area (Å²) >= 11 is 0. The van der Waals surface area contributed by atoms with Crippen molar-refractivity contribution in [3.63, 3.8) is 0 Å². The van der Waals surface area contributed by atoms with Crippen LogP contribution >= 0.6 is 0 Å². The molecule has 0 aromatic heterocycles. The highest BCUT2D eigenvalue weighted by Gasteiger charge is 2.44. The third-order valence-corrected chi connectivity index (χ3v) is 3.79. The average Bonchev–Trinajstić information content (AvgIpc) is 2.94. The van der Waals surface area contributed by atoms with Gasteiger partial charge in [-0.25, -0.2) is 0 Å². The molecule has 3 heteroatoms. The summed E-state index contributed by atoms with van der Waals surface area (Å²) in [5.41, 5.74) is -0.0860. The van der Waals surface area contributed by atoms with Crippen LogP contribution in [0.4, 0.5) is 0 Å². The minimum absolute atomic E-state index is 0.0860. The summed E-state index contributed by atoms with van der Waals surface area (Å²) in [6, 6.07) is 0.548. The first-order chi connectivity index (χ1) is 6.69. The number of hydrogen-bond acceptors (Lipinski definition) is 2. The first-order valence-electron chi connectivity index (χ1n) is 5.67. The number of carbonyl (C=O) groups is 1. The molecule has 1 heterocycles. The summed E-state index contributed by atoms with van der Waals surface area (Å²) < 4.78 is 0. The summed E-state index contributed by atoms with van der Waals surface area (Å²) in [6.45, 7) is 4.00. The van der Waals surface area contributed by atoms with Crippen LogP contribution in [0.2, 0.25) is 0 Å². The molecule has 1 unspecified atom stereocenters. The maximum Gasteiger partial charge on any atom is 0.230 e. The first kappa shape index (κ1) is 9.97. The van der Waals surface area contributed by atoms with Crippen LogP contribution in [0.25, 0.3) is 0 Å². The zero-order valence-corrected chi connectivity index (χ0v) is 9.18. The van der Waals surface area contributed by atoms with Crippen molar-refractivity contribution in [2.24, 2.45) is 5.41 Å². The van der Waals surface area contributed by atoms with Crippen molar-refractivity contribution in [3.05, 3.63) is 0 Å². The Morgan fingerprint density at radius 3 is 2.71 bits per heavy atom. The fraction of sp³-hybridized carbons (Fsp3) is 0.909. The van der Waals surface area contributed by atoms with Gasteiger partial charge in [-0.1, -0.05) is 6.92 Å². The summed E-state index contributed by atoms with van der Waals surface area (Å²) in [4.78, 5) is 14.2. The van der Waals surface area contributed by atoms with Crippen molar-refractivity contribution in [2.75, 3.05) is 20.1 Å². The second-order valence-electron chi connectivity index (χ2n) is 4.71. The number of amides is 1. The van der Waals surface area contributed by atoms with Crippen molar-refractivity contribution >= 4 is 5.91 Å². The highest BCUT2D eigenvalue weighted by Crippen LogP contribution is 2.35. The third-order valence-electron chi connectivity index (χ3n) is 3.79. The fourth-order valence-electron chi connectivity index (χ4n) is 2.38. The Kier molecular flexibility index (Phi) is 2.52. The van der Waals surface area contributed by atoms with Crippen LogP contribution in [0.1, 0.15) is 32.6 Å². The van der Waals surface area contributed by atoms with E-state index in [1.807, 2.05) is 11.9 Å². The van der Waals surface area contributed by atoms with Crippen LogP contribution in [0.3, 0.4) is 0 Å². The topological polar surface area (TPSA) is 32.3 Å². The van der Waals surface area contributed by atoms with Crippen LogP contribution < -0.4 is 5.32 Å². The molecule has 2 aliphatic rings. The van der Waals surface area contributed by atoms with Crippen LogP contribution in [-0.4, -0.2) is 37.0 Å². The molecule has 2 rings (SSSR count). The molecule has 1 amide bonds. The molecule has 0 radical (unpaired) electrons. The quantitative estimate of drug-likeness (QED) is 0.730. The van der Waals surface area contributed by atoms with E-state index < -0.39 is 0 Å². The van der Waals surface area contributed by atoms with E-state index >= 15 is 0 Å². The van der Waals surface area contributed by atoms with E-state index in [1.54, 1.807) is 0 Å². The fourth-order valence-corrected chi connectivity index (χ4v) is 2.38. The minimum Gasteiger partial charge on any atom is -0.342 e. The molecule has 0 aromatic rings. The van der Waals surface area contributed by atoms with Crippen LogP contribution in [-0.2, 0) is 4.79 Å². The molecule has 0 spiro atoms. The van der Waals surface area contributed by atoms with Gasteiger partial charge in [0.25, 0.3) is 0 Å². The van der Waals surface area contributed by atoms with Crippen molar-refractivity contribution in [1.29, 1.82) is 0 Å². The largest absolute Gasteiger partial charge is 0.342 e. The van der Waals surface area contributed by atoms with Crippen molar-refractivity contribution in [3.8, 4) is 0 Å². The monoisotopic (exact) mass is 196 g/mol. The molecular formula is C11H20N2O. The molecule has 0 bridgehead atoms. The Bertz CT molecular complexity index is 229. The molecule has 3 nitrogen and oxygen atoms in total. The molecular weight excluding hydrogens is 176 g/mol. The summed E-state index contributed by atoms with van der Waals surface area (Å²) in [5.74, 6) is 0.368. The van der Waals surface area contributed by atoms with E-state index in [9.17, 15) is 4.79 Å². The van der Waals surface area contributed by atoms with E-state index in [1.165, 1.54) is 12.8 Å². The lowest BCUT2D eigenvalue weighted by molar-refractivity contribution is -0.140. The van der Waals surface area contributed by atoms with Crippen molar-refractivity contribution in [1.82, 2.24) is 10.2 Å². The van der Waals surface area contributed by atoms with Gasteiger partial charge in [0.05, 0.1) is 5.41 Å². The normalized spacial score (nSPS) is 31.9. The van der Waals surface area contributed by atoms with Gasteiger partial charge in [-0.3, -0.25) is 4.79 Å². The van der Waals surface area contributed by atoms with Crippen molar-refractivity contribution in [2.45, 2.75) is 38.6 Å². The molecule has 0 aromatic carbocycles. The smallest absolute Gasteiger partial charge is 0.230 e. The molecule has 1 N–H and O–H groups in total. The maximum atomic E-state index is 12.3. The zero-order valence-electron chi connectivity index (χ0n) is 9.18. The van der Waals surface area contributed by atoms with Crippen molar-refractivity contribution < 1.29 is 4.79 Å². The number of hydrogen-bond donors (Lipinski definition) is 1. The second-order valence-corrected chi connectivity index (χ2v) is 4.71. The Labute approximate surface area is 85.8 Å². The SMILES string of the molecule is CCC1(C(=O)N(C)C2CC2)CCNC1. The summed E-state index contributed by atoms with van der Waals surface area (Å²) in [7, 11) is 1.97. The van der Waals surface area contributed by atoms with Gasteiger partial charge in [0.15, 0.2) is 0 Å². The number of rotatable bonds is 3. The lowest BCUT2D eigenvalue weighted by Gasteiger charge is -2.30. The molecule has 80 valence electrons. The van der Waals surface area contributed by atoms with Gasteiger partial charge < -0.3 is 10.2 Å². The molecule has 1 aliphatic heterocycles. The molecule has 1 atom stereocenters. The van der Waals surface area contributed by atoms with Gasteiger partial charge in [-0.05, 0) is 32.2 Å². The Balaban J connectivity index is 2.06. The number of carbonyl (C=O) groups excluding carboxylic acids is 1. The van der Waals surface area contributed by atoms with Gasteiger partial charge in [-0.2, -0.15) is 0 Å². The Morgan fingerprint density at radius 2 is 2.29 bits per heavy atom.